The van der Waals surface area contributed by atoms with Gasteiger partial charge in [-0.15, -0.1) is 0 Å². The number of aryl methyl sites for hydroxylation is 1. The largest absolute Gasteiger partial charge is 0.487 e. The lowest BCUT2D eigenvalue weighted by Crippen LogP contribution is -1.95. The van der Waals surface area contributed by atoms with Crippen molar-refractivity contribution in [2.75, 3.05) is 0 Å². The molecule has 4 rings (SSSR count). The van der Waals surface area contributed by atoms with Gasteiger partial charge in [-0.05, 0) is 49.8 Å². The normalized spacial score (nSPS) is 14.8. The van der Waals surface area contributed by atoms with Gasteiger partial charge in [-0.3, -0.25) is 4.99 Å². The highest BCUT2D eigenvalue weighted by molar-refractivity contribution is 5.97. The number of aliphatic imine (C=N–C) groups is 1. The predicted octanol–water partition coefficient (Wildman–Crippen LogP) is 5.27. The minimum atomic E-state index is 0.524. The molecule has 0 amide bonds. The van der Waals surface area contributed by atoms with Crippen molar-refractivity contribution in [1.82, 2.24) is 9.97 Å². The van der Waals surface area contributed by atoms with Crippen molar-refractivity contribution in [3.05, 3.63) is 83.3 Å². The van der Waals surface area contributed by atoms with Gasteiger partial charge in [-0.2, -0.15) is 0 Å². The first-order valence-electron chi connectivity index (χ1n) is 8.68. The van der Waals surface area contributed by atoms with Crippen LogP contribution >= 0.6 is 0 Å². The van der Waals surface area contributed by atoms with Crippen molar-refractivity contribution < 1.29 is 4.74 Å². The molecule has 0 aliphatic carbocycles. The van der Waals surface area contributed by atoms with Gasteiger partial charge in [0.1, 0.15) is 12.4 Å². The molecular formula is C22H21N3O. The van der Waals surface area contributed by atoms with Gasteiger partial charge in [0.25, 0.3) is 0 Å². The van der Waals surface area contributed by atoms with Crippen LogP contribution in [-0.4, -0.2) is 15.7 Å². The lowest BCUT2D eigenvalue weighted by atomic mass is 10.2. The molecule has 130 valence electrons. The first-order chi connectivity index (χ1) is 12.7. The fraction of sp³-hybridized carbons (Fsp3) is 0.136. The van der Waals surface area contributed by atoms with Crippen molar-refractivity contribution >= 4 is 11.8 Å². The van der Waals surface area contributed by atoms with Gasteiger partial charge in [0.15, 0.2) is 0 Å². The summed E-state index contributed by atoms with van der Waals surface area (Å²) in [5.74, 6) is 0.816. The summed E-state index contributed by atoms with van der Waals surface area (Å²) in [6.45, 7) is 4.56. The van der Waals surface area contributed by atoms with E-state index in [0.29, 0.717) is 6.61 Å². The molecule has 26 heavy (non-hydrogen) atoms. The molecule has 3 aromatic rings. The van der Waals surface area contributed by atoms with Gasteiger partial charge in [0.05, 0.1) is 22.8 Å². The minimum Gasteiger partial charge on any atom is -0.487 e. The zero-order valence-corrected chi connectivity index (χ0v) is 14.9. The number of H-pyrrole nitrogens is 2. The smallest absolute Gasteiger partial charge is 0.145 e. The van der Waals surface area contributed by atoms with Gasteiger partial charge in [-0.25, -0.2) is 0 Å². The molecule has 0 radical (unpaired) electrons. The van der Waals surface area contributed by atoms with Gasteiger partial charge >= 0.3 is 0 Å². The topological polar surface area (TPSA) is 53.2 Å². The Balaban J connectivity index is 1.66. The molecule has 4 heteroatoms. The van der Waals surface area contributed by atoms with Crippen LogP contribution in [-0.2, 0) is 6.61 Å². The van der Waals surface area contributed by atoms with E-state index in [1.54, 1.807) is 0 Å². The third kappa shape index (κ3) is 3.54. The number of aromatic amines is 2. The summed E-state index contributed by atoms with van der Waals surface area (Å²) in [5.41, 5.74) is 7.15. The van der Waals surface area contributed by atoms with E-state index < -0.39 is 0 Å². The van der Waals surface area contributed by atoms with E-state index in [9.17, 15) is 0 Å². The molecule has 3 heterocycles. The van der Waals surface area contributed by atoms with Crippen molar-refractivity contribution in [1.29, 1.82) is 0 Å². The van der Waals surface area contributed by atoms with Crippen molar-refractivity contribution in [3.8, 4) is 17.1 Å². The number of hydrogen-bond acceptors (Lipinski definition) is 2. The maximum atomic E-state index is 6.11. The van der Waals surface area contributed by atoms with E-state index in [1.807, 2.05) is 56.3 Å². The molecule has 4 nitrogen and oxygen atoms in total. The molecule has 2 N–H and O–H groups in total. The quantitative estimate of drug-likeness (QED) is 0.651. The number of allylic oxidation sites excluding steroid dienone is 2. The highest BCUT2D eigenvalue weighted by atomic mass is 16.5. The summed E-state index contributed by atoms with van der Waals surface area (Å²) in [5, 5.41) is 0. The van der Waals surface area contributed by atoms with Crippen LogP contribution in [0, 0.1) is 6.92 Å². The number of ether oxygens (including phenoxy) is 1. The number of hydrogen-bond donors (Lipinski definition) is 2. The monoisotopic (exact) mass is 343 g/mol. The first kappa shape index (κ1) is 16.2. The first-order valence-corrected chi connectivity index (χ1v) is 8.68. The zero-order chi connectivity index (χ0) is 17.9. The summed E-state index contributed by atoms with van der Waals surface area (Å²) in [4.78, 5) is 11.3. The lowest BCUT2D eigenvalue weighted by Gasteiger charge is -2.05. The summed E-state index contributed by atoms with van der Waals surface area (Å²) in [6, 6.07) is 16.3. The van der Waals surface area contributed by atoms with Crippen LogP contribution in [0.5, 0.6) is 5.75 Å². The Morgan fingerprint density at radius 2 is 1.81 bits per heavy atom. The van der Waals surface area contributed by atoms with Crippen LogP contribution in [0.3, 0.4) is 0 Å². The van der Waals surface area contributed by atoms with E-state index in [4.69, 9.17) is 4.74 Å². The molecule has 0 unspecified atom stereocenters. The molecule has 0 spiro atoms. The molecule has 0 bridgehead atoms. The lowest BCUT2D eigenvalue weighted by molar-refractivity contribution is 0.306. The number of nitrogens with one attached hydrogen (secondary N) is 2. The Morgan fingerprint density at radius 3 is 2.50 bits per heavy atom. The SMILES string of the molecule is CC1=N/C(=C\c2[nH]c(-c3ccc(C)[nH]3)cc2OCc2ccccc2)C=C1. The maximum absolute atomic E-state index is 6.11. The van der Waals surface area contributed by atoms with E-state index in [2.05, 4.69) is 39.2 Å². The van der Waals surface area contributed by atoms with E-state index in [1.165, 1.54) is 0 Å². The molecule has 0 fully saturated rings. The second kappa shape index (κ2) is 6.92. The highest BCUT2D eigenvalue weighted by Crippen LogP contribution is 2.30. The summed E-state index contributed by atoms with van der Waals surface area (Å²) in [6.07, 6.45) is 6.04. The second-order valence-corrected chi connectivity index (χ2v) is 6.45. The second-order valence-electron chi connectivity index (χ2n) is 6.45. The maximum Gasteiger partial charge on any atom is 0.145 e. The van der Waals surface area contributed by atoms with Crippen molar-refractivity contribution in [2.45, 2.75) is 20.5 Å². The van der Waals surface area contributed by atoms with Gasteiger partial charge in [0, 0.05) is 17.5 Å². The standard InChI is InChI=1S/C22H21N3O/c1-15-8-10-18(23-15)12-21-22(26-14-17-6-4-3-5-7-17)13-20(25-21)19-11-9-16(2)24-19/h3-13,24-25H,14H2,1-2H3/b18-12-. The number of nitrogens with zero attached hydrogens (tertiary/aromatic N) is 1. The van der Waals surface area contributed by atoms with E-state index >= 15 is 0 Å². The van der Waals surface area contributed by atoms with E-state index in [-0.39, 0.29) is 0 Å². The molecular weight excluding hydrogens is 322 g/mol. The number of benzene rings is 1. The van der Waals surface area contributed by atoms with Gasteiger partial charge < -0.3 is 14.7 Å². The van der Waals surface area contributed by atoms with Crippen LogP contribution in [0.15, 0.2) is 71.4 Å². The number of rotatable bonds is 5. The molecule has 1 aromatic carbocycles. The Labute approximate surface area is 153 Å². The molecule has 2 aromatic heterocycles. The van der Waals surface area contributed by atoms with Crippen LogP contribution in [0.2, 0.25) is 0 Å². The zero-order valence-electron chi connectivity index (χ0n) is 14.9. The fourth-order valence-electron chi connectivity index (χ4n) is 2.93. The average Bonchev–Trinajstić information content (AvgIpc) is 3.35. The summed E-state index contributed by atoms with van der Waals surface area (Å²) >= 11 is 0. The van der Waals surface area contributed by atoms with Crippen LogP contribution in [0.4, 0.5) is 0 Å². The third-order valence-electron chi connectivity index (χ3n) is 4.26. The molecule has 0 saturated heterocycles. The van der Waals surface area contributed by atoms with Gasteiger partial charge in [-0.1, -0.05) is 30.3 Å². The Bertz CT molecular complexity index is 1000. The van der Waals surface area contributed by atoms with Crippen LogP contribution < -0.4 is 4.74 Å². The molecule has 0 saturated carbocycles. The summed E-state index contributed by atoms with van der Waals surface area (Å²) < 4.78 is 6.11. The number of aromatic nitrogens is 2. The molecule has 1 aliphatic heterocycles. The van der Waals surface area contributed by atoms with E-state index in [0.717, 1.165) is 45.5 Å². The van der Waals surface area contributed by atoms with Gasteiger partial charge in [0.2, 0.25) is 0 Å². The van der Waals surface area contributed by atoms with Crippen LogP contribution in [0.25, 0.3) is 17.5 Å². The minimum absolute atomic E-state index is 0.524. The molecule has 1 aliphatic rings. The third-order valence-corrected chi connectivity index (χ3v) is 4.26. The average molecular weight is 343 g/mol. The molecule has 0 atom stereocenters. The Morgan fingerprint density at radius 1 is 0.962 bits per heavy atom. The van der Waals surface area contributed by atoms with Crippen molar-refractivity contribution in [2.24, 2.45) is 4.99 Å². The Kier molecular flexibility index (Phi) is 4.32. The fourth-order valence-corrected chi connectivity index (χ4v) is 2.93. The Hall–Kier alpha value is -3.27. The summed E-state index contributed by atoms with van der Waals surface area (Å²) in [7, 11) is 0. The van der Waals surface area contributed by atoms with Crippen LogP contribution in [0.1, 0.15) is 23.9 Å². The van der Waals surface area contributed by atoms with Crippen molar-refractivity contribution in [3.63, 3.8) is 0 Å². The highest BCUT2D eigenvalue weighted by Gasteiger charge is 2.12. The predicted molar refractivity (Wildman–Crippen MR) is 106 cm³/mol.